The molecule has 0 saturated heterocycles. The van der Waals surface area contributed by atoms with E-state index in [9.17, 15) is 34.2 Å². The molecule has 0 rings (SSSR count). The lowest BCUT2D eigenvalue weighted by Gasteiger charge is -2.38. The standard InChI is InChI=1S/C8H16NO7P/c9-5(7(10)11)3-1-2-4-6(8(12)13)17(14,15)16/h5-6H,1-4,9H2,(H,10,11)(H,12,13)(H2,14,15,16)/p-3/t5-,6+/m1/s1. The number of unbranched alkanes of at least 4 members (excludes halogenated alkanes) is 1. The first-order valence-electron chi connectivity index (χ1n) is 4.92. The molecule has 0 heterocycles. The average molecular weight is 266 g/mol. The molecule has 3 N–H and O–H groups in total. The van der Waals surface area contributed by atoms with Crippen LogP contribution in [0.1, 0.15) is 25.7 Å². The maximum Gasteiger partial charge on any atom is 0.124 e. The third-order valence-electron chi connectivity index (χ3n) is 2.27. The van der Waals surface area contributed by atoms with Crippen LogP contribution >= 0.6 is 7.60 Å². The summed E-state index contributed by atoms with van der Waals surface area (Å²) in [6.45, 7) is 0. The van der Waals surface area contributed by atoms with Crippen molar-refractivity contribution >= 4 is 19.5 Å². The Hall–Kier alpha value is -0.950. The van der Waals surface area contributed by atoms with Crippen LogP contribution in [0.5, 0.6) is 0 Å². The molecule has 0 aliphatic carbocycles. The molecule has 8 nitrogen and oxygen atoms in total. The van der Waals surface area contributed by atoms with Crippen LogP contribution in [0.25, 0.3) is 0 Å². The Morgan fingerprint density at radius 1 is 1.06 bits per heavy atom. The van der Waals surface area contributed by atoms with E-state index in [2.05, 4.69) is 5.73 Å². The number of rotatable bonds is 8. The topological polar surface area (TPSA) is 171 Å². The first kappa shape index (κ1) is 16.1. The second kappa shape index (κ2) is 6.70. The lowest BCUT2D eigenvalue weighted by molar-refractivity contribution is -0.438. The Kier molecular flexibility index (Phi) is 6.33. The van der Waals surface area contributed by atoms with Gasteiger partial charge in [-0.2, -0.15) is 0 Å². The van der Waals surface area contributed by atoms with E-state index >= 15 is 0 Å². The summed E-state index contributed by atoms with van der Waals surface area (Å²) in [5.41, 5.74) is 1.21. The van der Waals surface area contributed by atoms with Crippen molar-refractivity contribution in [2.45, 2.75) is 37.4 Å². The summed E-state index contributed by atoms with van der Waals surface area (Å²) in [6.07, 6.45) is 0.0782. The van der Waals surface area contributed by atoms with Crippen molar-refractivity contribution in [2.24, 2.45) is 0 Å². The predicted octanol–water partition coefficient (Wildman–Crippen LogP) is -5.06. The second-order valence-corrected chi connectivity index (χ2v) is 5.38. The average Bonchev–Trinajstić information content (AvgIpc) is 2.13. The van der Waals surface area contributed by atoms with Crippen molar-refractivity contribution in [3.63, 3.8) is 0 Å². The highest BCUT2D eigenvalue weighted by Crippen LogP contribution is 2.34. The molecule has 0 amide bonds. The molecule has 0 spiro atoms. The molecule has 9 heteroatoms. The summed E-state index contributed by atoms with van der Waals surface area (Å²) in [5, 5.41) is 20.7. The van der Waals surface area contributed by atoms with Crippen LogP contribution in [0.4, 0.5) is 0 Å². The number of carbonyl (C=O) groups is 2. The van der Waals surface area contributed by atoms with Gasteiger partial charge in [-0.05, 0) is 12.8 Å². The number of aliphatic carboxylic acids is 2. The Labute approximate surface area is 97.6 Å². The van der Waals surface area contributed by atoms with Crippen LogP contribution in [-0.4, -0.2) is 23.6 Å². The van der Waals surface area contributed by atoms with Crippen molar-refractivity contribution in [3.05, 3.63) is 0 Å². The van der Waals surface area contributed by atoms with E-state index in [1.54, 1.807) is 0 Å². The van der Waals surface area contributed by atoms with Gasteiger partial charge in [0.15, 0.2) is 0 Å². The van der Waals surface area contributed by atoms with Crippen molar-refractivity contribution < 1.29 is 39.9 Å². The molecule has 0 saturated carbocycles. The molecular weight excluding hydrogens is 253 g/mol. The molecule has 0 bridgehead atoms. The third kappa shape index (κ3) is 6.38. The quantitative estimate of drug-likeness (QED) is 0.338. The van der Waals surface area contributed by atoms with Crippen LogP contribution in [0.3, 0.4) is 0 Å². The fraction of sp³-hybridized carbons (Fsp3) is 0.750. The fourth-order valence-corrected chi connectivity index (χ4v) is 2.01. The third-order valence-corrected chi connectivity index (χ3v) is 3.50. The van der Waals surface area contributed by atoms with E-state index < -0.39 is 31.2 Å². The van der Waals surface area contributed by atoms with Crippen molar-refractivity contribution in [1.29, 1.82) is 0 Å². The molecule has 0 aliphatic rings. The van der Waals surface area contributed by atoms with Crippen molar-refractivity contribution in [3.8, 4) is 0 Å². The highest BCUT2D eigenvalue weighted by molar-refractivity contribution is 7.50. The van der Waals surface area contributed by atoms with Gasteiger partial charge in [0, 0.05) is 18.0 Å². The van der Waals surface area contributed by atoms with Crippen LogP contribution in [0.15, 0.2) is 0 Å². The Morgan fingerprint density at radius 2 is 1.53 bits per heavy atom. The smallest absolute Gasteiger partial charge is 0.124 e. The summed E-state index contributed by atoms with van der Waals surface area (Å²) >= 11 is 0. The Morgan fingerprint density at radius 3 is 1.88 bits per heavy atom. The number of carbonyl (C=O) groups excluding carboxylic acids is 2. The summed E-state index contributed by atoms with van der Waals surface area (Å²) in [7, 11) is -5.22. The van der Waals surface area contributed by atoms with E-state index in [4.69, 9.17) is 0 Å². The molecule has 0 aliphatic heterocycles. The normalized spacial score (nSPS) is 15.2. The van der Waals surface area contributed by atoms with Gasteiger partial charge in [0.25, 0.3) is 0 Å². The molecular formula is C8H13NO7P-3. The van der Waals surface area contributed by atoms with Crippen molar-refractivity contribution in [2.75, 3.05) is 0 Å². The minimum Gasteiger partial charge on any atom is -0.810 e. The van der Waals surface area contributed by atoms with E-state index in [0.29, 0.717) is 0 Å². The highest BCUT2D eigenvalue weighted by atomic mass is 31.2. The predicted molar refractivity (Wildman–Crippen MR) is 46.6 cm³/mol. The first-order valence-corrected chi connectivity index (χ1v) is 6.54. The molecule has 100 valence electrons. The Bertz CT molecular complexity index is 326. The lowest BCUT2D eigenvalue weighted by atomic mass is 10.1. The van der Waals surface area contributed by atoms with Crippen LogP contribution < -0.4 is 25.7 Å². The molecule has 0 aromatic heterocycles. The van der Waals surface area contributed by atoms with E-state index in [-0.39, 0.29) is 25.7 Å². The maximum absolute atomic E-state index is 10.5. The van der Waals surface area contributed by atoms with Crippen LogP contribution in [0.2, 0.25) is 0 Å². The molecule has 0 unspecified atom stereocenters. The van der Waals surface area contributed by atoms with E-state index in [0.717, 1.165) is 0 Å². The molecule has 17 heavy (non-hydrogen) atoms. The largest absolute Gasteiger partial charge is 0.810 e. The SMILES string of the molecule is [NH3+][C@H](CCCC[C@@H](C(=O)[O-])P(=O)([O-])[O-])C(=O)[O-]. The number of hydrogen-bond donors (Lipinski definition) is 1. The van der Waals surface area contributed by atoms with Gasteiger partial charge in [0.1, 0.15) is 6.04 Å². The second-order valence-electron chi connectivity index (χ2n) is 3.68. The van der Waals surface area contributed by atoms with Gasteiger partial charge < -0.3 is 39.9 Å². The maximum atomic E-state index is 10.5. The van der Waals surface area contributed by atoms with Gasteiger partial charge in [0.05, 0.1) is 5.97 Å². The zero-order valence-corrected chi connectivity index (χ0v) is 9.89. The fourth-order valence-electron chi connectivity index (χ4n) is 1.25. The summed E-state index contributed by atoms with van der Waals surface area (Å²) in [6, 6.07) is -0.942. The Balaban J connectivity index is 4.05. The van der Waals surface area contributed by atoms with Gasteiger partial charge >= 0.3 is 0 Å². The number of carboxylic acids is 2. The highest BCUT2D eigenvalue weighted by Gasteiger charge is 2.14. The van der Waals surface area contributed by atoms with Crippen LogP contribution in [0, 0.1) is 0 Å². The monoisotopic (exact) mass is 266 g/mol. The van der Waals surface area contributed by atoms with E-state index in [1.165, 1.54) is 0 Å². The summed E-state index contributed by atoms with van der Waals surface area (Å²) in [4.78, 5) is 41.7. The van der Waals surface area contributed by atoms with Gasteiger partial charge in [-0.1, -0.05) is 14.0 Å². The molecule has 0 fully saturated rings. The molecule has 0 radical (unpaired) electrons. The summed E-state index contributed by atoms with van der Waals surface area (Å²) < 4.78 is 10.5. The lowest BCUT2D eigenvalue weighted by Crippen LogP contribution is -2.68. The number of quaternary nitrogens is 1. The minimum atomic E-state index is -5.22. The summed E-state index contributed by atoms with van der Waals surface area (Å²) in [5.74, 6) is -3.26. The molecule has 2 atom stereocenters. The van der Waals surface area contributed by atoms with E-state index in [1.807, 2.05) is 0 Å². The zero-order valence-electron chi connectivity index (χ0n) is 9.00. The minimum absolute atomic E-state index is 0.0897. The molecule has 0 aromatic rings. The van der Waals surface area contributed by atoms with Crippen molar-refractivity contribution in [1.82, 2.24) is 0 Å². The van der Waals surface area contributed by atoms with Gasteiger partial charge in [0.2, 0.25) is 0 Å². The molecule has 0 aromatic carbocycles. The van der Waals surface area contributed by atoms with Gasteiger partial charge in [-0.15, -0.1) is 0 Å². The number of carboxylic acid groups (broad SMARTS) is 2. The van der Waals surface area contributed by atoms with Crippen LogP contribution in [-0.2, 0) is 14.2 Å². The van der Waals surface area contributed by atoms with Gasteiger partial charge in [-0.3, -0.25) is 0 Å². The number of hydrogen-bond acceptors (Lipinski definition) is 7. The van der Waals surface area contributed by atoms with Gasteiger partial charge in [-0.25, -0.2) is 0 Å². The zero-order chi connectivity index (χ0) is 13.6. The first-order chi connectivity index (χ1) is 7.66.